The van der Waals surface area contributed by atoms with Gasteiger partial charge in [-0.2, -0.15) is 15.0 Å². The van der Waals surface area contributed by atoms with Crippen molar-refractivity contribution in [2.75, 3.05) is 50.7 Å². The summed E-state index contributed by atoms with van der Waals surface area (Å²) in [6.45, 7) is 5.31. The van der Waals surface area contributed by atoms with Gasteiger partial charge in [0.1, 0.15) is 0 Å². The van der Waals surface area contributed by atoms with E-state index in [1.54, 1.807) is 14.2 Å². The fraction of sp³-hybridized carbons (Fsp3) is 0.750. The van der Waals surface area contributed by atoms with Gasteiger partial charge in [-0.1, -0.05) is 0 Å². The van der Waals surface area contributed by atoms with Gasteiger partial charge in [0.05, 0.1) is 19.3 Å². The summed E-state index contributed by atoms with van der Waals surface area (Å²) in [7, 11) is 3.35. The van der Waals surface area contributed by atoms with Gasteiger partial charge in [0.15, 0.2) is 0 Å². The Labute approximate surface area is 119 Å². The Balaban J connectivity index is 2.98. The highest BCUT2D eigenvalue weighted by atomic mass is 16.5. The topological polar surface area (TPSA) is 92.6 Å². The number of aromatic nitrogens is 3. The van der Waals surface area contributed by atoms with Crippen LogP contribution in [0, 0.1) is 0 Å². The number of nitrogens with one attached hydrogen (secondary N) is 1. The molecule has 1 heterocycles. The van der Waals surface area contributed by atoms with Crippen LogP contribution in [0.4, 0.5) is 11.9 Å². The number of aliphatic hydroxyl groups is 1. The van der Waals surface area contributed by atoms with Crippen molar-refractivity contribution in [2.45, 2.75) is 20.0 Å². The van der Waals surface area contributed by atoms with Crippen LogP contribution in [0.3, 0.4) is 0 Å². The Morgan fingerprint density at radius 3 is 2.55 bits per heavy atom. The second kappa shape index (κ2) is 8.49. The van der Waals surface area contributed by atoms with E-state index in [0.717, 1.165) is 0 Å². The molecule has 20 heavy (non-hydrogen) atoms. The molecule has 0 aromatic carbocycles. The van der Waals surface area contributed by atoms with E-state index in [-0.39, 0.29) is 18.7 Å². The molecule has 2 N–H and O–H groups in total. The van der Waals surface area contributed by atoms with E-state index in [0.29, 0.717) is 31.6 Å². The first kappa shape index (κ1) is 16.4. The van der Waals surface area contributed by atoms with E-state index in [1.165, 1.54) is 0 Å². The molecule has 0 amide bonds. The summed E-state index contributed by atoms with van der Waals surface area (Å²) in [4.78, 5) is 14.5. The van der Waals surface area contributed by atoms with Gasteiger partial charge in [0.25, 0.3) is 0 Å². The molecule has 0 aliphatic rings. The van der Waals surface area contributed by atoms with E-state index in [2.05, 4.69) is 20.3 Å². The van der Waals surface area contributed by atoms with Gasteiger partial charge in [-0.15, -0.1) is 0 Å². The minimum Gasteiger partial charge on any atom is -0.461 e. The molecule has 114 valence electrons. The maximum Gasteiger partial charge on any atom is 0.323 e. The summed E-state index contributed by atoms with van der Waals surface area (Å²) in [6.07, 6.45) is -0.0276. The lowest BCUT2D eigenvalue weighted by Gasteiger charge is -2.22. The van der Waals surface area contributed by atoms with Gasteiger partial charge in [-0.25, -0.2) is 0 Å². The molecule has 0 unspecified atom stereocenters. The maximum atomic E-state index is 9.14. The number of anilines is 2. The molecule has 8 nitrogen and oxygen atoms in total. The summed E-state index contributed by atoms with van der Waals surface area (Å²) in [5.41, 5.74) is 0. The molecule has 0 bridgehead atoms. The van der Waals surface area contributed by atoms with Crippen molar-refractivity contribution in [3.05, 3.63) is 0 Å². The average Bonchev–Trinajstić information content (AvgIpc) is 2.42. The standard InChI is InChI=1S/C12H23N5O3/c1-9(2)20-12-15-10(13-3)14-11(16-12)17(5-7-18)6-8-19-4/h9,18H,5-8H2,1-4H3,(H,13,14,15,16). The predicted molar refractivity (Wildman–Crippen MR) is 76.3 cm³/mol. The summed E-state index contributed by atoms with van der Waals surface area (Å²) in [6, 6.07) is 0.259. The van der Waals surface area contributed by atoms with Crippen LogP contribution in [0.15, 0.2) is 0 Å². The Kier molecular flexibility index (Phi) is 6.96. The zero-order valence-electron chi connectivity index (χ0n) is 12.5. The first-order valence-corrected chi connectivity index (χ1v) is 6.56. The van der Waals surface area contributed by atoms with E-state index in [4.69, 9.17) is 14.6 Å². The molecular formula is C12H23N5O3. The first-order valence-electron chi connectivity index (χ1n) is 6.56. The molecule has 0 saturated heterocycles. The average molecular weight is 285 g/mol. The Morgan fingerprint density at radius 1 is 1.25 bits per heavy atom. The van der Waals surface area contributed by atoms with Crippen LogP contribution in [0.2, 0.25) is 0 Å². The highest BCUT2D eigenvalue weighted by molar-refractivity contribution is 5.38. The predicted octanol–water partition coefficient (Wildman–Crippen LogP) is 0.146. The van der Waals surface area contributed by atoms with E-state index in [1.807, 2.05) is 18.7 Å². The number of hydrogen-bond acceptors (Lipinski definition) is 8. The van der Waals surface area contributed by atoms with Crippen molar-refractivity contribution in [3.8, 4) is 6.01 Å². The Bertz CT molecular complexity index is 403. The fourth-order valence-corrected chi connectivity index (χ4v) is 1.50. The quantitative estimate of drug-likeness (QED) is 0.662. The van der Waals surface area contributed by atoms with Crippen molar-refractivity contribution >= 4 is 11.9 Å². The van der Waals surface area contributed by atoms with Gasteiger partial charge in [0.2, 0.25) is 11.9 Å². The van der Waals surface area contributed by atoms with Crippen molar-refractivity contribution < 1.29 is 14.6 Å². The zero-order valence-corrected chi connectivity index (χ0v) is 12.5. The second-order valence-corrected chi connectivity index (χ2v) is 4.36. The molecule has 0 aliphatic heterocycles. The van der Waals surface area contributed by atoms with Crippen LogP contribution >= 0.6 is 0 Å². The lowest BCUT2D eigenvalue weighted by molar-refractivity contribution is 0.201. The number of hydrogen-bond donors (Lipinski definition) is 2. The number of aliphatic hydroxyl groups excluding tert-OH is 1. The normalized spacial score (nSPS) is 10.7. The maximum absolute atomic E-state index is 9.14. The summed E-state index contributed by atoms with van der Waals surface area (Å²) >= 11 is 0. The van der Waals surface area contributed by atoms with E-state index in [9.17, 15) is 0 Å². The van der Waals surface area contributed by atoms with Crippen LogP contribution in [0.1, 0.15) is 13.8 Å². The Hall–Kier alpha value is -1.67. The zero-order chi connectivity index (χ0) is 15.0. The second-order valence-electron chi connectivity index (χ2n) is 4.36. The van der Waals surface area contributed by atoms with Crippen molar-refractivity contribution in [1.29, 1.82) is 0 Å². The lowest BCUT2D eigenvalue weighted by atomic mass is 10.5. The minimum absolute atomic E-state index is 0.00462. The highest BCUT2D eigenvalue weighted by Gasteiger charge is 2.14. The molecule has 1 rings (SSSR count). The van der Waals surface area contributed by atoms with Crippen LogP contribution in [-0.4, -0.2) is 66.6 Å². The van der Waals surface area contributed by atoms with Gasteiger partial charge in [-0.3, -0.25) is 0 Å². The third-order valence-electron chi connectivity index (χ3n) is 2.39. The third kappa shape index (κ3) is 5.14. The number of ether oxygens (including phenoxy) is 2. The molecule has 1 aromatic rings. The van der Waals surface area contributed by atoms with Gasteiger partial charge in [0, 0.05) is 27.2 Å². The molecular weight excluding hydrogens is 262 g/mol. The van der Waals surface area contributed by atoms with Gasteiger partial charge in [-0.05, 0) is 13.8 Å². The van der Waals surface area contributed by atoms with Crippen molar-refractivity contribution in [1.82, 2.24) is 15.0 Å². The molecule has 0 atom stereocenters. The largest absolute Gasteiger partial charge is 0.461 e. The first-order chi connectivity index (χ1) is 9.60. The summed E-state index contributed by atoms with van der Waals surface area (Å²) in [5, 5.41) is 12.0. The van der Waals surface area contributed by atoms with Gasteiger partial charge < -0.3 is 24.8 Å². The smallest absolute Gasteiger partial charge is 0.323 e. The minimum atomic E-state index is -0.0276. The molecule has 1 aromatic heterocycles. The fourth-order valence-electron chi connectivity index (χ4n) is 1.50. The van der Waals surface area contributed by atoms with E-state index < -0.39 is 0 Å². The molecule has 8 heteroatoms. The van der Waals surface area contributed by atoms with Crippen molar-refractivity contribution in [3.63, 3.8) is 0 Å². The molecule has 0 saturated carbocycles. The Morgan fingerprint density at radius 2 is 2.00 bits per heavy atom. The van der Waals surface area contributed by atoms with Crippen LogP contribution in [0.5, 0.6) is 6.01 Å². The van der Waals surface area contributed by atoms with Gasteiger partial charge >= 0.3 is 6.01 Å². The molecule has 0 spiro atoms. The monoisotopic (exact) mass is 285 g/mol. The summed E-state index contributed by atoms with van der Waals surface area (Å²) in [5.74, 6) is 0.872. The number of rotatable bonds is 9. The number of nitrogens with zero attached hydrogens (tertiary/aromatic N) is 4. The number of methoxy groups -OCH3 is 1. The van der Waals surface area contributed by atoms with Crippen molar-refractivity contribution in [2.24, 2.45) is 0 Å². The van der Waals surface area contributed by atoms with E-state index >= 15 is 0 Å². The summed E-state index contributed by atoms with van der Waals surface area (Å²) < 4.78 is 10.6. The highest BCUT2D eigenvalue weighted by Crippen LogP contribution is 2.15. The SMILES string of the molecule is CNc1nc(OC(C)C)nc(N(CCO)CCOC)n1. The third-order valence-corrected chi connectivity index (χ3v) is 2.39. The van der Waals surface area contributed by atoms with Crippen LogP contribution < -0.4 is 15.0 Å². The molecule has 0 fully saturated rings. The lowest BCUT2D eigenvalue weighted by Crippen LogP contribution is -2.32. The molecule has 0 aliphatic carbocycles. The van der Waals surface area contributed by atoms with Crippen LogP contribution in [0.25, 0.3) is 0 Å². The van der Waals surface area contributed by atoms with Crippen LogP contribution in [-0.2, 0) is 4.74 Å². The molecule has 0 radical (unpaired) electrons.